The van der Waals surface area contributed by atoms with Crippen molar-refractivity contribution in [3.63, 3.8) is 0 Å². The van der Waals surface area contributed by atoms with Crippen molar-refractivity contribution in [1.29, 1.82) is 0 Å². The largest absolute Gasteiger partial charge is 0.459 e. The van der Waals surface area contributed by atoms with Crippen molar-refractivity contribution in [2.75, 3.05) is 11.9 Å². The van der Waals surface area contributed by atoms with Gasteiger partial charge in [0, 0.05) is 0 Å². The van der Waals surface area contributed by atoms with Gasteiger partial charge in [0.25, 0.3) is 11.8 Å². The molecule has 10 heteroatoms. The second kappa shape index (κ2) is 8.19. The minimum atomic E-state index is -1.74. The first-order valence-corrected chi connectivity index (χ1v) is 7.25. The highest BCUT2D eigenvalue weighted by atomic mass is 19.2. The molecule has 26 heavy (non-hydrogen) atoms. The Labute approximate surface area is 145 Å². The van der Waals surface area contributed by atoms with E-state index in [-0.39, 0.29) is 5.76 Å². The van der Waals surface area contributed by atoms with Gasteiger partial charge in [0.2, 0.25) is 0 Å². The van der Waals surface area contributed by atoms with E-state index in [2.05, 4.69) is 5.32 Å². The molecule has 138 valence electrons. The van der Waals surface area contributed by atoms with E-state index in [0.29, 0.717) is 6.07 Å². The van der Waals surface area contributed by atoms with Crippen LogP contribution in [-0.2, 0) is 14.3 Å². The van der Waals surface area contributed by atoms with E-state index >= 15 is 0 Å². The van der Waals surface area contributed by atoms with Crippen LogP contribution in [0.15, 0.2) is 34.9 Å². The van der Waals surface area contributed by atoms with E-state index in [4.69, 9.17) is 9.15 Å². The second-order valence-corrected chi connectivity index (χ2v) is 5.00. The van der Waals surface area contributed by atoms with E-state index in [1.54, 1.807) is 0 Å². The SMILES string of the molecule is C[C@H](OC(=O)CNC(=O)c1ccco1)C(=O)Nc1ccc(F)c(F)c1F. The number of carbonyl (C=O) groups is 3. The molecule has 1 atom stereocenters. The normalized spacial score (nSPS) is 11.5. The maximum atomic E-state index is 13.5. The lowest BCUT2D eigenvalue weighted by Crippen LogP contribution is -2.35. The van der Waals surface area contributed by atoms with Crippen molar-refractivity contribution < 1.29 is 36.7 Å². The molecule has 2 N–H and O–H groups in total. The number of esters is 1. The molecule has 0 bridgehead atoms. The quantitative estimate of drug-likeness (QED) is 0.599. The Morgan fingerprint density at radius 1 is 1.15 bits per heavy atom. The van der Waals surface area contributed by atoms with Crippen LogP contribution in [0.3, 0.4) is 0 Å². The summed E-state index contributed by atoms with van der Waals surface area (Å²) in [5.41, 5.74) is -0.608. The molecule has 1 aromatic heterocycles. The lowest BCUT2D eigenvalue weighted by Gasteiger charge is -2.14. The van der Waals surface area contributed by atoms with Gasteiger partial charge in [-0.05, 0) is 31.2 Å². The summed E-state index contributed by atoms with van der Waals surface area (Å²) in [6.45, 7) is 0.635. The molecule has 1 heterocycles. The topological polar surface area (TPSA) is 97.6 Å². The van der Waals surface area contributed by atoms with Gasteiger partial charge in [-0.25, -0.2) is 13.2 Å². The Kier molecular flexibility index (Phi) is 5.99. The monoisotopic (exact) mass is 370 g/mol. The van der Waals surface area contributed by atoms with Crippen LogP contribution in [0, 0.1) is 17.5 Å². The minimum absolute atomic E-state index is 0.0163. The predicted molar refractivity (Wildman–Crippen MR) is 81.5 cm³/mol. The summed E-state index contributed by atoms with van der Waals surface area (Å²) in [5, 5.41) is 4.18. The molecule has 0 radical (unpaired) electrons. The van der Waals surface area contributed by atoms with Crippen LogP contribution in [0.4, 0.5) is 18.9 Å². The maximum Gasteiger partial charge on any atom is 0.326 e. The summed E-state index contributed by atoms with van der Waals surface area (Å²) in [4.78, 5) is 35.0. The zero-order valence-corrected chi connectivity index (χ0v) is 13.3. The summed E-state index contributed by atoms with van der Waals surface area (Å²) in [7, 11) is 0. The molecule has 1 aromatic carbocycles. The standard InChI is InChI=1S/C16H13F3N2O5/c1-8(15(23)21-10-5-4-9(17)13(18)14(10)19)26-12(22)7-20-16(24)11-3-2-6-25-11/h2-6,8H,7H2,1H3,(H,20,24)(H,21,23)/t8-/m0/s1. The highest BCUT2D eigenvalue weighted by molar-refractivity contribution is 5.96. The van der Waals surface area contributed by atoms with Crippen molar-refractivity contribution in [1.82, 2.24) is 5.32 Å². The van der Waals surface area contributed by atoms with Crippen LogP contribution in [-0.4, -0.2) is 30.4 Å². The number of carbonyl (C=O) groups excluding carboxylic acids is 3. The zero-order valence-electron chi connectivity index (χ0n) is 13.3. The van der Waals surface area contributed by atoms with Gasteiger partial charge in [0.05, 0.1) is 12.0 Å². The average Bonchev–Trinajstić information content (AvgIpc) is 3.14. The van der Waals surface area contributed by atoms with Gasteiger partial charge in [0.1, 0.15) is 6.54 Å². The molecule has 0 saturated heterocycles. The van der Waals surface area contributed by atoms with Crippen LogP contribution in [0.1, 0.15) is 17.5 Å². The number of halogens is 3. The van der Waals surface area contributed by atoms with Crippen LogP contribution in [0.25, 0.3) is 0 Å². The second-order valence-electron chi connectivity index (χ2n) is 5.00. The smallest absolute Gasteiger partial charge is 0.326 e. The van der Waals surface area contributed by atoms with Crippen molar-refractivity contribution >= 4 is 23.5 Å². The number of hydrogen-bond donors (Lipinski definition) is 2. The number of hydrogen-bond acceptors (Lipinski definition) is 5. The first kappa shape index (κ1) is 19.0. The van der Waals surface area contributed by atoms with Gasteiger partial charge in [-0.2, -0.15) is 0 Å². The maximum absolute atomic E-state index is 13.5. The first-order chi connectivity index (χ1) is 12.3. The fourth-order valence-electron chi connectivity index (χ4n) is 1.80. The van der Waals surface area contributed by atoms with Gasteiger partial charge in [-0.3, -0.25) is 14.4 Å². The van der Waals surface area contributed by atoms with Crippen molar-refractivity contribution in [3.05, 3.63) is 53.7 Å². The lowest BCUT2D eigenvalue weighted by atomic mass is 10.2. The van der Waals surface area contributed by atoms with Crippen LogP contribution < -0.4 is 10.6 Å². The minimum Gasteiger partial charge on any atom is -0.459 e. The zero-order chi connectivity index (χ0) is 19.3. The number of rotatable bonds is 6. The summed E-state index contributed by atoms with van der Waals surface area (Å²) in [6.07, 6.45) is -0.104. The molecule has 2 aromatic rings. The molecular formula is C16H13F3N2O5. The highest BCUT2D eigenvalue weighted by Crippen LogP contribution is 2.19. The molecule has 0 aliphatic carbocycles. The average molecular weight is 370 g/mol. The van der Waals surface area contributed by atoms with Crippen molar-refractivity contribution in [2.24, 2.45) is 0 Å². The highest BCUT2D eigenvalue weighted by Gasteiger charge is 2.21. The summed E-state index contributed by atoms with van der Waals surface area (Å²) >= 11 is 0. The Morgan fingerprint density at radius 3 is 2.54 bits per heavy atom. The lowest BCUT2D eigenvalue weighted by molar-refractivity contribution is -0.152. The Bertz CT molecular complexity index is 824. The molecule has 2 rings (SSSR count). The molecular weight excluding hydrogens is 357 g/mol. The molecule has 0 fully saturated rings. The van der Waals surface area contributed by atoms with E-state index in [9.17, 15) is 27.6 Å². The fourth-order valence-corrected chi connectivity index (χ4v) is 1.80. The van der Waals surface area contributed by atoms with Crippen molar-refractivity contribution in [3.8, 4) is 0 Å². The summed E-state index contributed by atoms with van der Waals surface area (Å²) < 4.78 is 49.0. The predicted octanol–water partition coefficient (Wildman–Crippen LogP) is 2.00. The van der Waals surface area contributed by atoms with E-state index in [0.717, 1.165) is 6.07 Å². The molecule has 0 unspecified atom stereocenters. The van der Waals surface area contributed by atoms with Gasteiger partial charge in [-0.1, -0.05) is 0 Å². The molecule has 0 saturated carbocycles. The molecule has 7 nitrogen and oxygen atoms in total. The van der Waals surface area contributed by atoms with Crippen LogP contribution in [0.2, 0.25) is 0 Å². The number of benzene rings is 1. The van der Waals surface area contributed by atoms with Gasteiger partial charge < -0.3 is 19.8 Å². The summed E-state index contributed by atoms with van der Waals surface area (Å²) in [5.74, 6) is -7.33. The third-order valence-electron chi connectivity index (χ3n) is 3.11. The number of anilines is 1. The Balaban J connectivity index is 1.85. The third kappa shape index (κ3) is 4.62. The summed E-state index contributed by atoms with van der Waals surface area (Å²) in [6, 6.07) is 4.32. The number of furan rings is 1. The van der Waals surface area contributed by atoms with Gasteiger partial charge >= 0.3 is 5.97 Å². The number of nitrogens with one attached hydrogen (secondary N) is 2. The van der Waals surface area contributed by atoms with E-state index in [1.165, 1.54) is 25.3 Å². The van der Waals surface area contributed by atoms with Crippen LogP contribution >= 0.6 is 0 Å². The molecule has 0 aliphatic heterocycles. The molecule has 0 aliphatic rings. The first-order valence-electron chi connectivity index (χ1n) is 7.25. The Morgan fingerprint density at radius 2 is 1.88 bits per heavy atom. The molecule has 2 amide bonds. The Hall–Kier alpha value is -3.30. The van der Waals surface area contributed by atoms with Crippen LogP contribution in [0.5, 0.6) is 0 Å². The van der Waals surface area contributed by atoms with Gasteiger partial charge in [0.15, 0.2) is 29.3 Å². The van der Waals surface area contributed by atoms with E-state index in [1.807, 2.05) is 5.32 Å². The number of amides is 2. The van der Waals surface area contributed by atoms with E-state index < -0.39 is 53.6 Å². The number of ether oxygens (including phenoxy) is 1. The third-order valence-corrected chi connectivity index (χ3v) is 3.11. The molecule has 0 spiro atoms. The fraction of sp³-hybridized carbons (Fsp3) is 0.188. The van der Waals surface area contributed by atoms with Crippen molar-refractivity contribution in [2.45, 2.75) is 13.0 Å². The van der Waals surface area contributed by atoms with Gasteiger partial charge in [-0.15, -0.1) is 0 Å².